The number of rotatable bonds is 5. The van der Waals surface area contributed by atoms with E-state index in [0.717, 1.165) is 55.1 Å². The van der Waals surface area contributed by atoms with E-state index in [1.165, 1.54) is 0 Å². The quantitative estimate of drug-likeness (QED) is 0.597. The molecule has 4 heterocycles. The van der Waals surface area contributed by atoms with Crippen molar-refractivity contribution in [2.75, 3.05) is 18.0 Å². The van der Waals surface area contributed by atoms with Crippen LogP contribution in [0.25, 0.3) is 16.9 Å². The molecule has 0 unspecified atom stereocenters. The van der Waals surface area contributed by atoms with E-state index in [1.807, 2.05) is 49.7 Å². The molecule has 0 saturated carbocycles. The predicted octanol–water partition coefficient (Wildman–Crippen LogP) is 4.35. The molecule has 0 N–H and O–H groups in total. The number of esters is 1. The number of aromatic nitrogens is 3. The molecular weight excluding hydrogens is 368 g/mol. The Balaban J connectivity index is 1.39. The van der Waals surface area contributed by atoms with Crippen LogP contribution in [0.3, 0.4) is 0 Å². The summed E-state index contributed by atoms with van der Waals surface area (Å²) < 4.78 is 12.9. The van der Waals surface area contributed by atoms with Crippen LogP contribution in [-0.2, 0) is 9.53 Å². The van der Waals surface area contributed by atoms with Gasteiger partial charge < -0.3 is 14.1 Å². The highest BCUT2D eigenvalue weighted by molar-refractivity contribution is 5.88. The normalized spacial score (nSPS) is 15.8. The second kappa shape index (κ2) is 7.89. The molecule has 3 aromatic heterocycles. The van der Waals surface area contributed by atoms with E-state index in [2.05, 4.69) is 14.9 Å². The number of anilines is 1. The van der Waals surface area contributed by atoms with Crippen molar-refractivity contribution in [3.05, 3.63) is 37.0 Å². The molecule has 29 heavy (non-hydrogen) atoms. The topological polar surface area (TPSA) is 73.4 Å². The second-order valence-electron chi connectivity index (χ2n) is 8.63. The van der Waals surface area contributed by atoms with E-state index in [-0.39, 0.29) is 5.97 Å². The van der Waals surface area contributed by atoms with E-state index in [1.54, 1.807) is 12.6 Å². The maximum Gasteiger partial charge on any atom is 0.306 e. The first-order valence-corrected chi connectivity index (χ1v) is 10.2. The Morgan fingerprint density at radius 1 is 1.24 bits per heavy atom. The summed E-state index contributed by atoms with van der Waals surface area (Å²) in [6.45, 7) is 7.58. The molecule has 0 radical (unpaired) electrons. The minimum Gasteiger partial charge on any atom is -0.460 e. The number of carbonyl (C=O) groups is 1. The first kappa shape index (κ1) is 19.5. The summed E-state index contributed by atoms with van der Waals surface area (Å²) in [5, 5.41) is 1.02. The van der Waals surface area contributed by atoms with Crippen LogP contribution in [0.4, 0.5) is 5.82 Å². The number of hydrogen-bond donors (Lipinski definition) is 0. The third-order valence-electron chi connectivity index (χ3n) is 5.29. The fourth-order valence-corrected chi connectivity index (χ4v) is 3.92. The van der Waals surface area contributed by atoms with Gasteiger partial charge >= 0.3 is 5.97 Å². The first-order valence-electron chi connectivity index (χ1n) is 10.2. The Bertz CT molecular complexity index is 964. The molecule has 1 aliphatic heterocycles. The minimum absolute atomic E-state index is 0.100. The van der Waals surface area contributed by atoms with Gasteiger partial charge in [-0.1, -0.05) is 0 Å². The van der Waals surface area contributed by atoms with Gasteiger partial charge in [0.15, 0.2) is 5.65 Å². The molecule has 0 atom stereocenters. The number of piperidine rings is 1. The number of ether oxygens (including phenoxy) is 1. The Morgan fingerprint density at radius 3 is 2.72 bits per heavy atom. The largest absolute Gasteiger partial charge is 0.460 e. The van der Waals surface area contributed by atoms with Gasteiger partial charge in [-0.15, -0.1) is 0 Å². The molecule has 0 spiro atoms. The first-order chi connectivity index (χ1) is 13.9. The zero-order chi connectivity index (χ0) is 20.4. The summed E-state index contributed by atoms with van der Waals surface area (Å²) in [4.78, 5) is 23.3. The Kier molecular flexibility index (Phi) is 5.30. The molecule has 4 rings (SSSR count). The molecule has 1 fully saturated rings. The van der Waals surface area contributed by atoms with E-state index in [4.69, 9.17) is 9.15 Å². The van der Waals surface area contributed by atoms with Crippen LogP contribution in [0.2, 0.25) is 0 Å². The van der Waals surface area contributed by atoms with Crippen molar-refractivity contribution < 1.29 is 13.9 Å². The molecule has 0 amide bonds. The van der Waals surface area contributed by atoms with Crippen molar-refractivity contribution in [1.82, 2.24) is 14.5 Å². The van der Waals surface area contributed by atoms with Crippen molar-refractivity contribution in [1.29, 1.82) is 0 Å². The van der Waals surface area contributed by atoms with Crippen molar-refractivity contribution in [3.8, 4) is 5.88 Å². The van der Waals surface area contributed by atoms with Crippen molar-refractivity contribution in [2.24, 2.45) is 5.92 Å². The number of carbonyl (C=O) groups excluding carboxylic acids is 1. The van der Waals surface area contributed by atoms with Gasteiger partial charge in [0.2, 0.25) is 5.88 Å². The van der Waals surface area contributed by atoms with Gasteiger partial charge in [0.05, 0.1) is 11.6 Å². The summed E-state index contributed by atoms with van der Waals surface area (Å²) in [6.07, 6.45) is 8.72. The van der Waals surface area contributed by atoms with E-state index < -0.39 is 5.60 Å². The van der Waals surface area contributed by atoms with Crippen LogP contribution in [0.15, 0.2) is 41.4 Å². The van der Waals surface area contributed by atoms with Crippen LogP contribution in [0.5, 0.6) is 0 Å². The summed E-state index contributed by atoms with van der Waals surface area (Å²) in [5.41, 5.74) is 0.433. The van der Waals surface area contributed by atoms with Gasteiger partial charge in [0, 0.05) is 31.8 Å². The zero-order valence-corrected chi connectivity index (χ0v) is 17.3. The highest BCUT2D eigenvalue weighted by atomic mass is 16.6. The minimum atomic E-state index is -0.412. The molecule has 0 aliphatic carbocycles. The lowest BCUT2D eigenvalue weighted by Crippen LogP contribution is -2.34. The third kappa shape index (κ3) is 4.44. The zero-order valence-electron chi connectivity index (χ0n) is 17.3. The second-order valence-corrected chi connectivity index (χ2v) is 8.63. The van der Waals surface area contributed by atoms with Crippen molar-refractivity contribution in [3.63, 3.8) is 0 Å². The third-order valence-corrected chi connectivity index (χ3v) is 5.29. The Hall–Kier alpha value is -2.83. The molecule has 1 aliphatic rings. The highest BCUT2D eigenvalue weighted by Gasteiger charge is 2.24. The molecule has 154 valence electrons. The van der Waals surface area contributed by atoms with Crippen molar-refractivity contribution >= 4 is 22.8 Å². The highest BCUT2D eigenvalue weighted by Crippen LogP contribution is 2.30. The lowest BCUT2D eigenvalue weighted by atomic mass is 9.92. The van der Waals surface area contributed by atoms with Gasteiger partial charge in [-0.05, 0) is 58.1 Å². The average Bonchev–Trinajstić information content (AvgIpc) is 3.34. The fourth-order valence-electron chi connectivity index (χ4n) is 3.92. The maximum absolute atomic E-state index is 12.0. The molecule has 0 bridgehead atoms. The summed E-state index contributed by atoms with van der Waals surface area (Å²) in [7, 11) is 0. The van der Waals surface area contributed by atoms with Crippen LogP contribution in [0.1, 0.15) is 46.5 Å². The van der Waals surface area contributed by atoms with Crippen LogP contribution < -0.4 is 4.90 Å². The number of fused-ring (bicyclic) bond motifs is 1. The SMILES string of the molecule is CC(C)(C)OC(=O)CCC1CCN(c2ncnc3c2ccn3-c2ccco2)CC1. The molecule has 3 aromatic rings. The van der Waals surface area contributed by atoms with Gasteiger partial charge in [0.1, 0.15) is 17.7 Å². The lowest BCUT2D eigenvalue weighted by Gasteiger charge is -2.33. The molecule has 7 nitrogen and oxygen atoms in total. The van der Waals surface area contributed by atoms with E-state index >= 15 is 0 Å². The van der Waals surface area contributed by atoms with E-state index in [9.17, 15) is 4.79 Å². The molecule has 7 heteroatoms. The average molecular weight is 396 g/mol. The van der Waals surface area contributed by atoms with Gasteiger partial charge in [-0.3, -0.25) is 9.36 Å². The van der Waals surface area contributed by atoms with Crippen LogP contribution in [0, 0.1) is 5.92 Å². The number of hydrogen-bond acceptors (Lipinski definition) is 6. The standard InChI is InChI=1S/C22H28N4O3/c1-22(2,3)29-19(27)7-6-16-8-11-25(12-9-16)20-17-10-13-26(18-5-4-14-28-18)21(17)24-15-23-20/h4-5,10,13-16H,6-9,11-12H2,1-3H3. The Labute approximate surface area is 170 Å². The molecule has 1 saturated heterocycles. The number of furan rings is 1. The van der Waals surface area contributed by atoms with Crippen molar-refractivity contribution in [2.45, 2.75) is 52.1 Å². The lowest BCUT2D eigenvalue weighted by molar-refractivity contribution is -0.155. The van der Waals surface area contributed by atoms with E-state index in [0.29, 0.717) is 12.3 Å². The number of nitrogens with zero attached hydrogens (tertiary/aromatic N) is 4. The van der Waals surface area contributed by atoms with Gasteiger partial charge in [-0.2, -0.15) is 0 Å². The van der Waals surface area contributed by atoms with Crippen LogP contribution in [-0.4, -0.2) is 39.2 Å². The van der Waals surface area contributed by atoms with Gasteiger partial charge in [-0.25, -0.2) is 9.97 Å². The van der Waals surface area contributed by atoms with Gasteiger partial charge in [0.25, 0.3) is 0 Å². The summed E-state index contributed by atoms with van der Waals surface area (Å²) >= 11 is 0. The fraction of sp³-hybridized carbons (Fsp3) is 0.500. The Morgan fingerprint density at radius 2 is 2.03 bits per heavy atom. The summed E-state index contributed by atoms with van der Waals surface area (Å²) in [5.74, 6) is 2.15. The smallest absolute Gasteiger partial charge is 0.306 e. The molecule has 0 aromatic carbocycles. The summed E-state index contributed by atoms with van der Waals surface area (Å²) in [6, 6.07) is 5.82. The van der Waals surface area contributed by atoms with Crippen LogP contribution >= 0.6 is 0 Å². The monoisotopic (exact) mass is 396 g/mol. The molecular formula is C22H28N4O3. The maximum atomic E-state index is 12.0. The predicted molar refractivity (Wildman–Crippen MR) is 111 cm³/mol.